The second-order valence-corrected chi connectivity index (χ2v) is 7.73. The zero-order valence-corrected chi connectivity index (χ0v) is 17.2. The Morgan fingerprint density at radius 3 is 1.63 bits per heavy atom. The van der Waals surface area contributed by atoms with E-state index in [1.807, 2.05) is 68.4 Å². The van der Waals surface area contributed by atoms with Gasteiger partial charge in [-0.05, 0) is 36.1 Å². The number of hydrogen-bond donors (Lipinski definition) is 2. The Labute approximate surface area is 177 Å². The van der Waals surface area contributed by atoms with Crippen molar-refractivity contribution < 1.29 is 9.53 Å². The Morgan fingerprint density at radius 1 is 0.833 bits per heavy atom. The fourth-order valence-corrected chi connectivity index (χ4v) is 3.87. The third-order valence-electron chi connectivity index (χ3n) is 5.31. The van der Waals surface area contributed by atoms with Gasteiger partial charge in [-0.15, -0.1) is 0 Å². The average molecular weight is 399 g/mol. The van der Waals surface area contributed by atoms with Crippen molar-refractivity contribution in [2.75, 3.05) is 0 Å². The number of β-lactam (4-membered cyclic amide) rings is 1. The van der Waals surface area contributed by atoms with Crippen LogP contribution in [0.15, 0.2) is 103 Å². The highest BCUT2D eigenvalue weighted by Gasteiger charge is 2.48. The molecule has 3 aromatic carbocycles. The molecular weight excluding hydrogens is 372 g/mol. The number of hydrogen-bond acceptors (Lipinski definition) is 3. The van der Waals surface area contributed by atoms with Crippen LogP contribution in [0.4, 0.5) is 0 Å². The first-order valence-corrected chi connectivity index (χ1v) is 10.1. The molecule has 1 aliphatic heterocycles. The summed E-state index contributed by atoms with van der Waals surface area (Å²) in [6, 6.07) is 30.2. The lowest BCUT2D eigenvalue weighted by molar-refractivity contribution is -0.143. The summed E-state index contributed by atoms with van der Waals surface area (Å²) in [6.45, 7) is 3.93. The van der Waals surface area contributed by atoms with Gasteiger partial charge in [-0.1, -0.05) is 91.0 Å². The van der Waals surface area contributed by atoms with E-state index in [2.05, 4.69) is 47.0 Å². The topological polar surface area (TPSA) is 50.4 Å². The van der Waals surface area contributed by atoms with Crippen LogP contribution >= 0.6 is 0 Å². The first-order valence-electron chi connectivity index (χ1n) is 10.1. The number of rotatable bonds is 7. The highest BCUT2D eigenvalue weighted by molar-refractivity contribution is 5.89. The van der Waals surface area contributed by atoms with Crippen molar-refractivity contribution in [2.45, 2.75) is 31.7 Å². The zero-order chi connectivity index (χ0) is 21.0. The molecule has 152 valence electrons. The maximum absolute atomic E-state index is 12.6. The van der Waals surface area contributed by atoms with Crippen molar-refractivity contribution >= 4 is 5.91 Å². The lowest BCUT2D eigenvalue weighted by atomic mass is 9.76. The first kappa shape index (κ1) is 19.9. The highest BCUT2D eigenvalue weighted by atomic mass is 16.5. The predicted octanol–water partition coefficient (Wildman–Crippen LogP) is 4.33. The Balaban J connectivity index is 1.85. The second-order valence-electron chi connectivity index (χ2n) is 7.73. The molecule has 4 rings (SSSR count). The number of amides is 1. The van der Waals surface area contributed by atoms with Crippen LogP contribution in [0.3, 0.4) is 0 Å². The van der Waals surface area contributed by atoms with Crippen molar-refractivity contribution in [3.8, 4) is 0 Å². The summed E-state index contributed by atoms with van der Waals surface area (Å²) in [4.78, 5) is 12.6. The molecule has 0 bridgehead atoms. The van der Waals surface area contributed by atoms with Gasteiger partial charge < -0.3 is 10.1 Å². The molecule has 1 saturated heterocycles. The Morgan fingerprint density at radius 2 is 1.27 bits per heavy atom. The van der Waals surface area contributed by atoms with Crippen molar-refractivity contribution in [3.05, 3.63) is 120 Å². The second kappa shape index (κ2) is 8.56. The number of allylic oxidation sites excluding steroid dienone is 1. The fourth-order valence-electron chi connectivity index (χ4n) is 3.87. The number of benzene rings is 3. The first-order chi connectivity index (χ1) is 14.6. The van der Waals surface area contributed by atoms with Crippen molar-refractivity contribution in [2.24, 2.45) is 0 Å². The maximum Gasteiger partial charge on any atom is 0.245 e. The molecule has 4 nitrogen and oxygen atoms in total. The molecule has 1 heterocycles. The lowest BCUT2D eigenvalue weighted by Crippen LogP contribution is -2.72. The summed E-state index contributed by atoms with van der Waals surface area (Å²) in [7, 11) is 0. The third kappa shape index (κ3) is 3.74. The van der Waals surface area contributed by atoms with E-state index in [1.165, 1.54) is 0 Å². The van der Waals surface area contributed by atoms with Crippen LogP contribution in [0.25, 0.3) is 0 Å². The van der Waals surface area contributed by atoms with E-state index >= 15 is 0 Å². The molecule has 0 aromatic heterocycles. The molecule has 0 saturated carbocycles. The quantitative estimate of drug-likeness (QED) is 0.354. The van der Waals surface area contributed by atoms with E-state index in [9.17, 15) is 4.79 Å². The molecule has 30 heavy (non-hydrogen) atoms. The smallest absolute Gasteiger partial charge is 0.245 e. The molecule has 1 amide bonds. The number of nitrogens with one attached hydrogen (secondary N) is 2. The van der Waals surface area contributed by atoms with Crippen LogP contribution < -0.4 is 10.6 Å². The Kier molecular flexibility index (Phi) is 5.68. The number of carbonyl (C=O) groups is 1. The molecule has 0 radical (unpaired) electrons. The van der Waals surface area contributed by atoms with Gasteiger partial charge in [-0.2, -0.15) is 0 Å². The molecule has 4 heteroatoms. The summed E-state index contributed by atoms with van der Waals surface area (Å²) in [5.74, 6) is -0.0747. The van der Waals surface area contributed by atoms with Crippen LogP contribution in [0.5, 0.6) is 0 Å². The van der Waals surface area contributed by atoms with Gasteiger partial charge in [-0.3, -0.25) is 10.1 Å². The van der Waals surface area contributed by atoms with Crippen LogP contribution in [0.1, 0.15) is 30.5 Å². The molecule has 1 aliphatic rings. The van der Waals surface area contributed by atoms with Crippen molar-refractivity contribution in [1.82, 2.24) is 10.6 Å². The van der Waals surface area contributed by atoms with E-state index in [4.69, 9.17) is 4.74 Å². The Hall–Kier alpha value is -3.37. The number of carbonyl (C=O) groups excluding carboxylic acids is 1. The number of ether oxygens (including phenoxy) is 1. The predicted molar refractivity (Wildman–Crippen MR) is 119 cm³/mol. The zero-order valence-electron chi connectivity index (χ0n) is 17.2. The summed E-state index contributed by atoms with van der Waals surface area (Å²) in [5, 5.41) is 6.53. The minimum atomic E-state index is -0.710. The minimum Gasteiger partial charge on any atom is -0.476 e. The molecule has 0 spiro atoms. The van der Waals surface area contributed by atoms with Crippen LogP contribution in [0.2, 0.25) is 0 Å². The summed E-state index contributed by atoms with van der Waals surface area (Å²) in [5.41, 5.74) is 3.50. The molecule has 1 fully saturated rings. The van der Waals surface area contributed by atoms with Crippen molar-refractivity contribution in [3.63, 3.8) is 0 Å². The van der Waals surface area contributed by atoms with Crippen LogP contribution in [-0.4, -0.2) is 18.2 Å². The van der Waals surface area contributed by atoms with E-state index in [0.717, 1.165) is 22.3 Å². The van der Waals surface area contributed by atoms with E-state index in [0.29, 0.717) is 0 Å². The molecule has 2 unspecified atom stereocenters. The van der Waals surface area contributed by atoms with E-state index in [1.54, 1.807) is 6.26 Å². The minimum absolute atomic E-state index is 0.0747. The summed E-state index contributed by atoms with van der Waals surface area (Å²) >= 11 is 0. The highest BCUT2D eigenvalue weighted by Crippen LogP contribution is 2.38. The van der Waals surface area contributed by atoms with Gasteiger partial charge in [0, 0.05) is 0 Å². The van der Waals surface area contributed by atoms with Gasteiger partial charge in [0.1, 0.15) is 6.04 Å². The lowest BCUT2D eigenvalue weighted by Gasteiger charge is -2.45. The fraction of sp³-hybridized carbons (Fsp3) is 0.192. The monoisotopic (exact) mass is 398 g/mol. The average Bonchev–Trinajstić information content (AvgIpc) is 2.79. The molecule has 3 aromatic rings. The molecule has 0 aliphatic carbocycles. The van der Waals surface area contributed by atoms with Gasteiger partial charge in [0.15, 0.2) is 6.23 Å². The maximum atomic E-state index is 12.6. The normalized spacial score (nSPS) is 18.1. The van der Waals surface area contributed by atoms with Gasteiger partial charge in [0.05, 0.1) is 11.8 Å². The largest absolute Gasteiger partial charge is 0.476 e. The SMILES string of the molecule is CC(C)=COC1NC(=O)C1NC(c1ccccc1)(c1ccccc1)c1ccccc1. The standard InChI is InChI=1S/C26H26N2O2/c1-19(2)18-30-25-23(24(29)27-25)28-26(20-12-6-3-7-13-20,21-14-8-4-9-15-21)22-16-10-5-11-17-22/h3-18,23,25,28H,1-2H3,(H,27,29). The summed E-state index contributed by atoms with van der Waals surface area (Å²) < 4.78 is 5.82. The van der Waals surface area contributed by atoms with Crippen LogP contribution in [0, 0.1) is 0 Å². The molecular formula is C26H26N2O2. The van der Waals surface area contributed by atoms with Gasteiger partial charge >= 0.3 is 0 Å². The molecule has 2 atom stereocenters. The molecule has 2 N–H and O–H groups in total. The van der Waals surface area contributed by atoms with Gasteiger partial charge in [-0.25, -0.2) is 0 Å². The van der Waals surface area contributed by atoms with Gasteiger partial charge in [0.25, 0.3) is 0 Å². The van der Waals surface area contributed by atoms with Gasteiger partial charge in [0.2, 0.25) is 5.91 Å². The van der Waals surface area contributed by atoms with Crippen LogP contribution in [-0.2, 0) is 15.1 Å². The van der Waals surface area contributed by atoms with E-state index in [-0.39, 0.29) is 5.91 Å². The Bertz CT molecular complexity index is 916. The van der Waals surface area contributed by atoms with Crippen molar-refractivity contribution in [1.29, 1.82) is 0 Å². The summed E-state index contributed by atoms with van der Waals surface area (Å²) in [6.07, 6.45) is 1.26. The van der Waals surface area contributed by atoms with E-state index < -0.39 is 17.8 Å². The third-order valence-corrected chi connectivity index (χ3v) is 5.31.